The Kier molecular flexibility index (Phi) is 11.0. The summed E-state index contributed by atoms with van der Waals surface area (Å²) in [5, 5.41) is 6.70. The number of imidazole rings is 2. The largest absolute Gasteiger partial charge is 0.438 e. The maximum atomic E-state index is 12.6. The van der Waals surface area contributed by atoms with Crippen molar-refractivity contribution in [3.63, 3.8) is 0 Å². The van der Waals surface area contributed by atoms with E-state index in [-0.39, 0.29) is 12.8 Å². The van der Waals surface area contributed by atoms with Crippen molar-refractivity contribution < 1.29 is 19.1 Å². The molecule has 0 spiro atoms. The van der Waals surface area contributed by atoms with Crippen molar-refractivity contribution in [2.45, 2.75) is 38.4 Å². The number of hydrogen-bond acceptors (Lipinski definition) is 20. The Morgan fingerprint density at radius 1 is 0.729 bits per heavy atom. The normalized spacial score (nSPS) is 12.5. The second kappa shape index (κ2) is 15.9. The number of rotatable bonds is 16. The van der Waals surface area contributed by atoms with Crippen molar-refractivity contribution >= 4 is 67.9 Å². The van der Waals surface area contributed by atoms with Gasteiger partial charge in [-0.2, -0.15) is 18.7 Å². The fraction of sp³-hybridized carbons (Fsp3) is 0.308. The van der Waals surface area contributed by atoms with Crippen LogP contribution in [-0.2, 0) is 32.2 Å². The van der Waals surface area contributed by atoms with Gasteiger partial charge in [-0.1, -0.05) is 0 Å². The summed E-state index contributed by atoms with van der Waals surface area (Å²) in [5.41, 5.74) is 12.2. The molecule has 6 aromatic rings. The fourth-order valence-corrected chi connectivity index (χ4v) is 6.81. The summed E-state index contributed by atoms with van der Waals surface area (Å²) >= 11 is 5.39. The summed E-state index contributed by atoms with van der Waals surface area (Å²) in [7, 11) is 0. The molecule has 22 heteroatoms. The molecule has 6 heterocycles. The summed E-state index contributed by atoms with van der Waals surface area (Å²) in [4.78, 5) is 54.9. The number of carbonyl (C=O) groups excluding carboxylic acids is 2. The highest BCUT2D eigenvalue weighted by atomic mass is 32.1. The van der Waals surface area contributed by atoms with Crippen molar-refractivity contribution in [2.24, 2.45) is 11.5 Å². The molecule has 0 amide bonds. The van der Waals surface area contributed by atoms with Gasteiger partial charge in [-0.05, 0) is 0 Å². The van der Waals surface area contributed by atoms with Crippen LogP contribution < -0.4 is 21.3 Å². The van der Waals surface area contributed by atoms with Gasteiger partial charge in [0.05, 0.1) is 13.1 Å². The second-order valence-electron chi connectivity index (χ2n) is 9.85. The molecule has 250 valence electrons. The molecule has 0 saturated heterocycles. The average Bonchev–Trinajstić information content (AvgIpc) is 3.92. The van der Waals surface area contributed by atoms with Gasteiger partial charge in [-0.25, -0.2) is 29.5 Å². The molecule has 0 saturated carbocycles. The molecule has 6 aromatic heterocycles. The van der Waals surface area contributed by atoms with E-state index >= 15 is 0 Å². The van der Waals surface area contributed by atoms with E-state index in [1.54, 1.807) is 59.0 Å². The number of thiazole rings is 2. The Morgan fingerprint density at radius 2 is 1.19 bits per heavy atom. The van der Waals surface area contributed by atoms with E-state index in [9.17, 15) is 9.59 Å². The van der Waals surface area contributed by atoms with Gasteiger partial charge in [0.25, 0.3) is 0 Å². The van der Waals surface area contributed by atoms with E-state index in [4.69, 9.17) is 20.9 Å². The lowest BCUT2D eigenvalue weighted by atomic mass is 10.3. The maximum Gasteiger partial charge on any atom is 0.419 e. The lowest BCUT2D eigenvalue weighted by molar-refractivity contribution is -0.174. The molecule has 0 radical (unpaired) electrons. The number of hydrogen-bond donors (Lipinski definition) is 2. The van der Waals surface area contributed by atoms with Crippen LogP contribution >= 0.6 is 45.7 Å². The number of carbonyl (C=O) groups is 2. The SMILES string of the molecule is NC(CCN(Cc1nccs1)c1nc(-n2ccnc2)ns1)OC(=O)C(=O)OC(N)CCN(Cc1nccs1)c1nc(-n2ccnc2)ns1. The van der Waals surface area contributed by atoms with E-state index in [1.807, 2.05) is 20.6 Å². The van der Waals surface area contributed by atoms with Crippen molar-refractivity contribution in [1.82, 2.24) is 47.8 Å². The highest BCUT2D eigenvalue weighted by Gasteiger charge is 2.25. The first-order valence-electron chi connectivity index (χ1n) is 14.2. The Bertz CT molecular complexity index is 1710. The molecule has 4 N–H and O–H groups in total. The van der Waals surface area contributed by atoms with Gasteiger partial charge in [-0.15, -0.1) is 22.7 Å². The zero-order chi connectivity index (χ0) is 33.3. The summed E-state index contributed by atoms with van der Waals surface area (Å²) in [6, 6.07) is 0. The minimum absolute atomic E-state index is 0.186. The van der Waals surface area contributed by atoms with Crippen LogP contribution in [-0.4, -0.2) is 85.3 Å². The minimum atomic E-state index is -1.24. The predicted octanol–water partition coefficient (Wildman–Crippen LogP) is 1.82. The van der Waals surface area contributed by atoms with Gasteiger partial charge in [0.15, 0.2) is 12.5 Å². The van der Waals surface area contributed by atoms with Crippen molar-refractivity contribution in [1.29, 1.82) is 0 Å². The summed E-state index contributed by atoms with van der Waals surface area (Å²) in [5.74, 6) is -1.53. The van der Waals surface area contributed by atoms with Gasteiger partial charge in [0.1, 0.15) is 22.7 Å². The van der Waals surface area contributed by atoms with E-state index in [0.29, 0.717) is 48.3 Å². The molecule has 48 heavy (non-hydrogen) atoms. The third kappa shape index (κ3) is 8.78. The molecule has 0 aromatic carbocycles. The van der Waals surface area contributed by atoms with Crippen LogP contribution in [0.2, 0.25) is 0 Å². The number of anilines is 2. The predicted molar refractivity (Wildman–Crippen MR) is 178 cm³/mol. The second-order valence-corrected chi connectivity index (χ2v) is 13.3. The summed E-state index contributed by atoms with van der Waals surface area (Å²) in [6.07, 6.45) is 11.6. The van der Waals surface area contributed by atoms with Crippen LogP contribution in [0.4, 0.5) is 10.3 Å². The van der Waals surface area contributed by atoms with Crippen molar-refractivity contribution in [2.75, 3.05) is 22.9 Å². The quantitative estimate of drug-likeness (QED) is 0.0824. The van der Waals surface area contributed by atoms with Crippen molar-refractivity contribution in [3.8, 4) is 11.9 Å². The molecule has 0 aliphatic carbocycles. The number of nitrogens with two attached hydrogens (primary N) is 2. The maximum absolute atomic E-state index is 12.6. The van der Waals surface area contributed by atoms with Crippen LogP contribution in [0.15, 0.2) is 60.6 Å². The molecule has 18 nitrogen and oxygen atoms in total. The van der Waals surface area contributed by atoms with Crippen LogP contribution in [0.3, 0.4) is 0 Å². The lowest BCUT2D eigenvalue weighted by Crippen LogP contribution is -2.39. The number of esters is 2. The van der Waals surface area contributed by atoms with Crippen LogP contribution in [0.25, 0.3) is 11.9 Å². The molecule has 2 unspecified atom stereocenters. The molecular weight excluding hydrogens is 701 g/mol. The zero-order valence-electron chi connectivity index (χ0n) is 25.0. The lowest BCUT2D eigenvalue weighted by Gasteiger charge is -2.23. The number of nitrogens with zero attached hydrogens (tertiary/aromatic N) is 12. The standard InChI is InChI=1S/C26H28N14O4S4/c27-17(1-7-37(13-19-31-5-11-45-19)25-33-23(35-47-25)39-9-3-29-15-39)43-21(41)22(42)44-18(28)2-8-38(14-20-32-6-12-46-20)26-34-24(36-48-26)40-10-4-30-16-40/h3-6,9-12,15-18H,1-2,7-8,13-14,27-28H2. The van der Waals surface area contributed by atoms with E-state index in [2.05, 4.69) is 38.7 Å². The topological polar surface area (TPSA) is 224 Å². The molecule has 0 fully saturated rings. The molecule has 2 atom stereocenters. The first-order chi connectivity index (χ1) is 23.4. The smallest absolute Gasteiger partial charge is 0.419 e. The van der Waals surface area contributed by atoms with Gasteiger partial charge in [0.2, 0.25) is 22.2 Å². The van der Waals surface area contributed by atoms with Gasteiger partial charge >= 0.3 is 11.9 Å². The molecule has 6 rings (SSSR count). The van der Waals surface area contributed by atoms with Crippen LogP contribution in [0, 0.1) is 0 Å². The Morgan fingerprint density at radius 3 is 1.56 bits per heavy atom. The van der Waals surface area contributed by atoms with Crippen LogP contribution in [0.1, 0.15) is 22.9 Å². The Hall–Kier alpha value is -4.74. The molecule has 0 bridgehead atoms. The summed E-state index contributed by atoms with van der Waals surface area (Å²) < 4.78 is 22.6. The molecular formula is C26H28N14O4S4. The van der Waals surface area contributed by atoms with Crippen molar-refractivity contribution in [3.05, 3.63) is 70.6 Å². The molecule has 0 aliphatic rings. The fourth-order valence-electron chi connectivity index (χ4n) is 4.17. The monoisotopic (exact) mass is 728 g/mol. The number of ether oxygens (including phenoxy) is 2. The van der Waals surface area contributed by atoms with E-state index in [1.165, 1.54) is 45.7 Å². The highest BCUT2D eigenvalue weighted by molar-refractivity contribution is 7.10. The third-order valence-corrected chi connectivity index (χ3v) is 9.55. The van der Waals surface area contributed by atoms with Gasteiger partial charge in [0, 0.05) is 96.9 Å². The Balaban J connectivity index is 0.998. The number of aromatic nitrogens is 10. The average molecular weight is 729 g/mol. The van der Waals surface area contributed by atoms with E-state index in [0.717, 1.165) is 10.0 Å². The zero-order valence-corrected chi connectivity index (χ0v) is 28.2. The van der Waals surface area contributed by atoms with Gasteiger partial charge in [-0.3, -0.25) is 20.6 Å². The first kappa shape index (κ1) is 33.2. The van der Waals surface area contributed by atoms with Crippen LogP contribution in [0.5, 0.6) is 0 Å². The molecule has 0 aliphatic heterocycles. The summed E-state index contributed by atoms with van der Waals surface area (Å²) in [6.45, 7) is 1.55. The Labute approximate surface area is 289 Å². The first-order valence-corrected chi connectivity index (χ1v) is 17.6. The van der Waals surface area contributed by atoms with Gasteiger partial charge < -0.3 is 19.3 Å². The minimum Gasteiger partial charge on any atom is -0.438 e. The third-order valence-electron chi connectivity index (χ3n) is 6.49. The van der Waals surface area contributed by atoms with E-state index < -0.39 is 24.4 Å². The highest BCUT2D eigenvalue weighted by Crippen LogP contribution is 2.24.